The molecule has 2 unspecified atom stereocenters. The molecule has 0 amide bonds. The zero-order valence-corrected chi connectivity index (χ0v) is 20.9. The van der Waals surface area contributed by atoms with Gasteiger partial charge in [-0.25, -0.2) is 0 Å². The average molecular weight is 539 g/mol. The standard InChI is InChI=1S/C26H34O12/c1-35-19-10-14(5-6-16(19)28)17(29)11-18(30)15-8-13(9-20(36-2)22(15)31)4-3-7-37-26-25(34)24(33)23(32)21(12-27)38-26/h3-6,8-10,17-18,21,23-34H,7,11-12H2,1-2H3/b4-3+/t17?,18?,21-,23-,24+,25-,26-/m1/s1. The molecule has 3 rings (SSSR count). The van der Waals surface area contributed by atoms with Crippen LogP contribution in [-0.4, -0.2) is 99.0 Å². The van der Waals surface area contributed by atoms with Crippen molar-refractivity contribution < 1.29 is 59.8 Å². The van der Waals surface area contributed by atoms with E-state index in [1.165, 1.54) is 44.6 Å². The number of aromatic hydroxyl groups is 2. The molecule has 0 radical (unpaired) electrons. The van der Waals surface area contributed by atoms with Gasteiger partial charge in [0.2, 0.25) is 0 Å². The van der Waals surface area contributed by atoms with Gasteiger partial charge in [0.1, 0.15) is 24.4 Å². The van der Waals surface area contributed by atoms with E-state index in [0.717, 1.165) is 0 Å². The Hall–Kier alpha value is -2.94. The SMILES string of the molecule is COc1cc(C(O)CC(O)c2cc(/C=C/CO[C@@H]3O[C@H](CO)[C@@H](O)[C@H](O)[C@H]3O)cc(OC)c2O)ccc1O. The summed E-state index contributed by atoms with van der Waals surface area (Å²) in [5.74, 6) is -0.151. The van der Waals surface area contributed by atoms with Crippen LogP contribution in [0.15, 0.2) is 36.4 Å². The van der Waals surface area contributed by atoms with Crippen molar-refractivity contribution >= 4 is 6.08 Å². The number of hydrogen-bond donors (Lipinski definition) is 8. The maximum Gasteiger partial charge on any atom is 0.187 e. The van der Waals surface area contributed by atoms with Crippen molar-refractivity contribution in [3.05, 3.63) is 53.1 Å². The quantitative estimate of drug-likeness (QED) is 0.192. The van der Waals surface area contributed by atoms with Gasteiger partial charge in [0.05, 0.1) is 39.6 Å². The minimum atomic E-state index is -1.56. The van der Waals surface area contributed by atoms with E-state index in [0.29, 0.717) is 11.1 Å². The van der Waals surface area contributed by atoms with E-state index in [9.17, 15) is 40.9 Å². The van der Waals surface area contributed by atoms with E-state index >= 15 is 0 Å². The second kappa shape index (κ2) is 13.2. The third-order valence-electron chi connectivity index (χ3n) is 6.26. The lowest BCUT2D eigenvalue weighted by Gasteiger charge is -2.39. The van der Waals surface area contributed by atoms with Crippen LogP contribution in [0.3, 0.4) is 0 Å². The monoisotopic (exact) mass is 538 g/mol. The lowest BCUT2D eigenvalue weighted by molar-refractivity contribution is -0.298. The fourth-order valence-corrected chi connectivity index (χ4v) is 4.07. The first kappa shape index (κ1) is 29.6. The lowest BCUT2D eigenvalue weighted by atomic mass is 9.96. The highest BCUT2D eigenvalue weighted by Crippen LogP contribution is 2.39. The van der Waals surface area contributed by atoms with Crippen molar-refractivity contribution in [2.24, 2.45) is 0 Å². The Morgan fingerprint density at radius 2 is 1.63 bits per heavy atom. The van der Waals surface area contributed by atoms with Crippen LogP contribution in [0.25, 0.3) is 6.08 Å². The van der Waals surface area contributed by atoms with E-state index < -0.39 is 49.5 Å². The zero-order chi connectivity index (χ0) is 28.0. The number of phenolic OH excluding ortho intramolecular Hbond substituents is 2. The first-order valence-corrected chi connectivity index (χ1v) is 11.8. The molecule has 0 aliphatic carbocycles. The van der Waals surface area contributed by atoms with Crippen LogP contribution in [0.1, 0.15) is 35.3 Å². The molecule has 1 aliphatic heterocycles. The summed E-state index contributed by atoms with van der Waals surface area (Å²) in [4.78, 5) is 0. The zero-order valence-electron chi connectivity index (χ0n) is 20.9. The van der Waals surface area contributed by atoms with Gasteiger partial charge in [0.25, 0.3) is 0 Å². The maximum atomic E-state index is 10.8. The van der Waals surface area contributed by atoms with Crippen LogP contribution in [0.5, 0.6) is 23.0 Å². The summed E-state index contributed by atoms with van der Waals surface area (Å²) in [6, 6.07) is 7.31. The molecule has 210 valence electrons. The van der Waals surface area contributed by atoms with E-state index in [1.807, 2.05) is 0 Å². The van der Waals surface area contributed by atoms with Crippen molar-refractivity contribution in [1.29, 1.82) is 0 Å². The molecule has 2 aromatic carbocycles. The number of hydrogen-bond acceptors (Lipinski definition) is 12. The van der Waals surface area contributed by atoms with Gasteiger partial charge in [0.15, 0.2) is 29.3 Å². The predicted molar refractivity (Wildman–Crippen MR) is 133 cm³/mol. The van der Waals surface area contributed by atoms with Crippen LogP contribution >= 0.6 is 0 Å². The van der Waals surface area contributed by atoms with Crippen LogP contribution < -0.4 is 9.47 Å². The number of aliphatic hydroxyl groups is 6. The summed E-state index contributed by atoms with van der Waals surface area (Å²) in [5, 5.41) is 80.8. The maximum absolute atomic E-state index is 10.8. The smallest absolute Gasteiger partial charge is 0.187 e. The largest absolute Gasteiger partial charge is 0.504 e. The van der Waals surface area contributed by atoms with Crippen molar-refractivity contribution in [2.75, 3.05) is 27.4 Å². The lowest BCUT2D eigenvalue weighted by Crippen LogP contribution is -2.59. The van der Waals surface area contributed by atoms with Gasteiger partial charge >= 0.3 is 0 Å². The third-order valence-corrected chi connectivity index (χ3v) is 6.26. The Kier molecular flexibility index (Phi) is 10.3. The number of rotatable bonds is 11. The van der Waals surface area contributed by atoms with Crippen molar-refractivity contribution in [2.45, 2.75) is 49.3 Å². The topological polar surface area (TPSA) is 199 Å². The molecule has 1 saturated heterocycles. The van der Waals surface area contributed by atoms with Crippen LogP contribution in [0, 0.1) is 0 Å². The Morgan fingerprint density at radius 1 is 0.921 bits per heavy atom. The molecule has 7 atom stereocenters. The highest BCUT2D eigenvalue weighted by molar-refractivity contribution is 5.59. The van der Waals surface area contributed by atoms with Crippen molar-refractivity contribution in [3.8, 4) is 23.0 Å². The molecule has 0 spiro atoms. The third kappa shape index (κ3) is 6.73. The molecule has 2 aromatic rings. The molecule has 12 heteroatoms. The summed E-state index contributed by atoms with van der Waals surface area (Å²) in [6.45, 7) is -0.667. The van der Waals surface area contributed by atoms with Gasteiger partial charge in [0, 0.05) is 12.0 Å². The van der Waals surface area contributed by atoms with Gasteiger partial charge in [-0.2, -0.15) is 0 Å². The van der Waals surface area contributed by atoms with Gasteiger partial charge in [-0.3, -0.25) is 0 Å². The second-order valence-corrected chi connectivity index (χ2v) is 8.79. The van der Waals surface area contributed by atoms with Gasteiger partial charge in [-0.05, 0) is 35.4 Å². The molecular weight excluding hydrogens is 504 g/mol. The van der Waals surface area contributed by atoms with Crippen molar-refractivity contribution in [3.63, 3.8) is 0 Å². The summed E-state index contributed by atoms with van der Waals surface area (Å²) in [7, 11) is 2.72. The molecule has 0 aromatic heterocycles. The molecule has 0 saturated carbocycles. The van der Waals surface area contributed by atoms with Crippen LogP contribution in [0.4, 0.5) is 0 Å². The number of ether oxygens (including phenoxy) is 4. The number of phenols is 2. The Bertz CT molecular complexity index is 1090. The highest BCUT2D eigenvalue weighted by Gasteiger charge is 2.43. The van der Waals surface area contributed by atoms with Gasteiger partial charge in [-0.1, -0.05) is 18.2 Å². The number of methoxy groups -OCH3 is 2. The van der Waals surface area contributed by atoms with E-state index in [1.54, 1.807) is 12.2 Å². The average Bonchev–Trinajstić information content (AvgIpc) is 2.91. The first-order chi connectivity index (χ1) is 18.1. The Morgan fingerprint density at radius 3 is 2.29 bits per heavy atom. The summed E-state index contributed by atoms with van der Waals surface area (Å²) >= 11 is 0. The summed E-state index contributed by atoms with van der Waals surface area (Å²) < 4.78 is 21.0. The molecule has 1 heterocycles. The van der Waals surface area contributed by atoms with Gasteiger partial charge < -0.3 is 59.8 Å². The summed E-state index contributed by atoms with van der Waals surface area (Å²) in [6.07, 6.45) is -6.45. The molecule has 0 bridgehead atoms. The molecule has 12 nitrogen and oxygen atoms in total. The second-order valence-electron chi connectivity index (χ2n) is 8.79. The molecule has 1 aliphatic rings. The molecule has 38 heavy (non-hydrogen) atoms. The Balaban J connectivity index is 1.70. The molecule has 8 N–H and O–H groups in total. The van der Waals surface area contributed by atoms with Crippen molar-refractivity contribution in [1.82, 2.24) is 0 Å². The highest BCUT2D eigenvalue weighted by atomic mass is 16.7. The predicted octanol–water partition coefficient (Wildman–Crippen LogP) is 0.102. The number of aliphatic hydroxyl groups excluding tert-OH is 6. The van der Waals surface area contributed by atoms with Gasteiger partial charge in [-0.15, -0.1) is 0 Å². The minimum absolute atomic E-state index is 0.0804. The fourth-order valence-electron chi connectivity index (χ4n) is 4.07. The van der Waals surface area contributed by atoms with Crippen LogP contribution in [0.2, 0.25) is 0 Å². The normalized spacial score (nSPS) is 25.3. The molecule has 1 fully saturated rings. The van der Waals surface area contributed by atoms with E-state index in [4.69, 9.17) is 18.9 Å². The minimum Gasteiger partial charge on any atom is -0.504 e. The number of benzene rings is 2. The van der Waals surface area contributed by atoms with E-state index in [-0.39, 0.29) is 41.6 Å². The molecular formula is C26H34O12. The first-order valence-electron chi connectivity index (χ1n) is 11.8. The fraction of sp³-hybridized carbons (Fsp3) is 0.462. The van der Waals surface area contributed by atoms with Crippen LogP contribution in [-0.2, 0) is 9.47 Å². The summed E-state index contributed by atoms with van der Waals surface area (Å²) in [5.41, 5.74) is 1.00. The van der Waals surface area contributed by atoms with E-state index in [2.05, 4.69) is 0 Å². The Labute approximate surface area is 219 Å².